The van der Waals surface area contributed by atoms with Crippen LogP contribution in [0.2, 0.25) is 0 Å². The minimum atomic E-state index is -1.02. The molecule has 4 nitrogen and oxygen atoms in total. The summed E-state index contributed by atoms with van der Waals surface area (Å²) in [5, 5.41) is 20.0. The summed E-state index contributed by atoms with van der Waals surface area (Å²) in [7, 11) is 0. The Morgan fingerprint density at radius 3 is 2.95 bits per heavy atom. The van der Waals surface area contributed by atoms with E-state index in [-0.39, 0.29) is 0 Å². The molecule has 4 aliphatic rings. The van der Waals surface area contributed by atoms with E-state index in [4.69, 9.17) is 4.74 Å². The Labute approximate surface area is 131 Å². The number of piperidine rings is 1. The summed E-state index contributed by atoms with van der Waals surface area (Å²) in [4.78, 5) is 2.52. The molecule has 0 aromatic rings. The van der Waals surface area contributed by atoms with Crippen LogP contribution in [0.3, 0.4) is 0 Å². The molecule has 4 atom stereocenters. The molecule has 118 valence electrons. The number of aliphatic hydroxyl groups is 2. The van der Waals surface area contributed by atoms with Gasteiger partial charge in [-0.25, -0.2) is 0 Å². The van der Waals surface area contributed by atoms with Gasteiger partial charge in [0.05, 0.1) is 0 Å². The average Bonchev–Trinajstić information content (AvgIpc) is 2.92. The van der Waals surface area contributed by atoms with Crippen LogP contribution in [0, 0.1) is 11.8 Å². The highest BCUT2D eigenvalue weighted by Crippen LogP contribution is 2.54. The van der Waals surface area contributed by atoms with Crippen molar-refractivity contribution >= 4 is 0 Å². The van der Waals surface area contributed by atoms with Crippen LogP contribution in [-0.2, 0) is 4.74 Å². The second-order valence-corrected chi connectivity index (χ2v) is 7.39. The molecule has 1 aliphatic carbocycles. The van der Waals surface area contributed by atoms with Crippen LogP contribution in [0.5, 0.6) is 0 Å². The number of rotatable bonds is 0. The highest BCUT2D eigenvalue weighted by Gasteiger charge is 2.60. The Kier molecular flexibility index (Phi) is 3.08. The summed E-state index contributed by atoms with van der Waals surface area (Å²) in [6.07, 6.45) is 7.63. The van der Waals surface area contributed by atoms with Crippen molar-refractivity contribution in [1.29, 1.82) is 0 Å². The van der Waals surface area contributed by atoms with Crippen molar-refractivity contribution in [2.75, 3.05) is 6.54 Å². The molecule has 4 heteroatoms. The molecule has 0 saturated carbocycles. The fourth-order valence-corrected chi connectivity index (χ4v) is 4.51. The Morgan fingerprint density at radius 1 is 1.36 bits per heavy atom. The predicted octanol–water partition coefficient (Wildman–Crippen LogP) is 1.34. The highest BCUT2D eigenvalue weighted by molar-refractivity contribution is 5.58. The molecule has 2 saturated heterocycles. The van der Waals surface area contributed by atoms with Gasteiger partial charge >= 0.3 is 0 Å². The minimum Gasteiger partial charge on any atom is -0.378 e. The molecule has 0 radical (unpaired) electrons. The number of hydrogen-bond acceptors (Lipinski definition) is 4. The first kappa shape index (κ1) is 14.5. The lowest BCUT2D eigenvalue weighted by molar-refractivity contribution is -0.138. The van der Waals surface area contributed by atoms with Gasteiger partial charge in [0.15, 0.2) is 6.29 Å². The van der Waals surface area contributed by atoms with Crippen LogP contribution in [0.1, 0.15) is 39.5 Å². The summed E-state index contributed by atoms with van der Waals surface area (Å²) in [6.45, 7) is 4.46. The molecule has 0 amide bonds. The van der Waals surface area contributed by atoms with Crippen molar-refractivity contribution in [3.05, 3.63) is 23.3 Å². The largest absolute Gasteiger partial charge is 0.378 e. The normalized spacial score (nSPS) is 40.3. The Balaban J connectivity index is 1.78. The fourth-order valence-electron chi connectivity index (χ4n) is 4.51. The number of ether oxygens (including phenoxy) is 1. The lowest BCUT2D eigenvalue weighted by atomic mass is 9.77. The molecule has 0 aromatic carbocycles. The molecule has 1 unspecified atom stereocenters. The van der Waals surface area contributed by atoms with Gasteiger partial charge in [-0.15, -0.1) is 0 Å². The Bertz CT molecular complexity index is 618. The Hall–Kier alpha value is -1.12. The van der Waals surface area contributed by atoms with Gasteiger partial charge in [0.25, 0.3) is 0 Å². The molecule has 3 aliphatic heterocycles. The lowest BCUT2D eigenvalue weighted by Crippen LogP contribution is -2.48. The standard InChI is InChI=1S/C18H23NO3/c1-17(2,21)7-6-12-9-13-11-18(14(12)10-16(20)22-18)15-5-3-4-8-19(13)15/h9-10,13,15-16,20-21H,3-5,8,11H2,1-2H3/t13-,15-,16?,18+/m1/s1. The van der Waals surface area contributed by atoms with E-state index in [9.17, 15) is 10.2 Å². The summed E-state index contributed by atoms with van der Waals surface area (Å²) < 4.78 is 6.03. The third-order valence-corrected chi connectivity index (χ3v) is 5.27. The maximum Gasteiger partial charge on any atom is 0.176 e. The first-order chi connectivity index (χ1) is 10.4. The molecule has 0 aromatic heterocycles. The van der Waals surface area contributed by atoms with Gasteiger partial charge in [-0.2, -0.15) is 0 Å². The van der Waals surface area contributed by atoms with E-state index in [1.165, 1.54) is 12.8 Å². The van der Waals surface area contributed by atoms with Crippen LogP contribution in [0.15, 0.2) is 23.3 Å². The molecular weight excluding hydrogens is 278 g/mol. The van der Waals surface area contributed by atoms with E-state index in [2.05, 4.69) is 22.8 Å². The van der Waals surface area contributed by atoms with Gasteiger partial charge < -0.3 is 14.9 Å². The summed E-state index contributed by atoms with van der Waals surface area (Å²) in [5.41, 5.74) is 0.533. The van der Waals surface area contributed by atoms with Gasteiger partial charge in [-0.3, -0.25) is 4.90 Å². The molecule has 22 heavy (non-hydrogen) atoms. The zero-order valence-electron chi connectivity index (χ0n) is 13.2. The summed E-state index contributed by atoms with van der Waals surface area (Å²) in [5.74, 6) is 6.04. The van der Waals surface area contributed by atoms with E-state index in [1.54, 1.807) is 19.9 Å². The minimum absolute atomic E-state index is 0.332. The fraction of sp³-hybridized carbons (Fsp3) is 0.667. The van der Waals surface area contributed by atoms with Crippen LogP contribution in [0.4, 0.5) is 0 Å². The van der Waals surface area contributed by atoms with Crippen molar-refractivity contribution in [3.63, 3.8) is 0 Å². The third-order valence-electron chi connectivity index (χ3n) is 5.27. The topological polar surface area (TPSA) is 52.9 Å². The SMILES string of the molecule is CC(C)(O)C#CC1=C[C@@H]2C[C@@]3(OC(O)C=C13)[C@H]1CCCCN21. The van der Waals surface area contributed by atoms with E-state index < -0.39 is 17.5 Å². The highest BCUT2D eigenvalue weighted by atomic mass is 16.6. The molecule has 3 heterocycles. The van der Waals surface area contributed by atoms with Crippen LogP contribution in [-0.4, -0.2) is 51.2 Å². The first-order valence-electron chi connectivity index (χ1n) is 8.21. The maximum atomic E-state index is 10.1. The maximum absolute atomic E-state index is 10.1. The number of aliphatic hydroxyl groups excluding tert-OH is 1. The second kappa shape index (κ2) is 4.69. The quantitative estimate of drug-likeness (QED) is 0.663. The summed E-state index contributed by atoms with van der Waals surface area (Å²) in [6, 6.07) is 0.672. The molecule has 2 bridgehead atoms. The van der Waals surface area contributed by atoms with Crippen LogP contribution >= 0.6 is 0 Å². The van der Waals surface area contributed by atoms with Crippen molar-refractivity contribution in [2.45, 2.75) is 69.1 Å². The van der Waals surface area contributed by atoms with Crippen molar-refractivity contribution in [1.82, 2.24) is 4.90 Å². The van der Waals surface area contributed by atoms with E-state index in [0.717, 1.165) is 30.5 Å². The van der Waals surface area contributed by atoms with Crippen molar-refractivity contribution in [2.24, 2.45) is 0 Å². The van der Waals surface area contributed by atoms with E-state index in [0.29, 0.717) is 12.1 Å². The first-order valence-corrected chi connectivity index (χ1v) is 8.21. The zero-order chi connectivity index (χ0) is 15.5. The predicted molar refractivity (Wildman–Crippen MR) is 82.8 cm³/mol. The van der Waals surface area contributed by atoms with Crippen molar-refractivity contribution < 1.29 is 14.9 Å². The molecule has 2 fully saturated rings. The monoisotopic (exact) mass is 301 g/mol. The molecule has 4 rings (SSSR count). The smallest absolute Gasteiger partial charge is 0.176 e. The van der Waals surface area contributed by atoms with Crippen molar-refractivity contribution in [3.8, 4) is 11.8 Å². The van der Waals surface area contributed by atoms with Gasteiger partial charge in [0.2, 0.25) is 0 Å². The van der Waals surface area contributed by atoms with Gasteiger partial charge in [-0.1, -0.05) is 24.3 Å². The zero-order valence-corrected chi connectivity index (χ0v) is 13.2. The van der Waals surface area contributed by atoms with Gasteiger partial charge in [0.1, 0.15) is 11.2 Å². The lowest BCUT2D eigenvalue weighted by Gasteiger charge is -2.39. The van der Waals surface area contributed by atoms with Crippen LogP contribution in [0.25, 0.3) is 0 Å². The summed E-state index contributed by atoms with van der Waals surface area (Å²) >= 11 is 0. The molecular formula is C18H23NO3. The van der Waals surface area contributed by atoms with Gasteiger partial charge in [-0.05, 0) is 39.3 Å². The van der Waals surface area contributed by atoms with Crippen LogP contribution < -0.4 is 0 Å². The van der Waals surface area contributed by atoms with E-state index >= 15 is 0 Å². The Morgan fingerprint density at radius 2 is 2.18 bits per heavy atom. The third kappa shape index (κ3) is 2.08. The molecule has 2 N–H and O–H groups in total. The van der Waals surface area contributed by atoms with Gasteiger partial charge in [0, 0.05) is 29.7 Å². The number of nitrogens with zero attached hydrogens (tertiary/aromatic N) is 1. The number of hydrogen-bond donors (Lipinski definition) is 2. The molecule has 1 spiro atoms. The van der Waals surface area contributed by atoms with E-state index in [1.807, 2.05) is 0 Å². The number of fused-ring (bicyclic) bond motifs is 3. The second-order valence-electron chi connectivity index (χ2n) is 7.39. The average molecular weight is 301 g/mol.